The summed E-state index contributed by atoms with van der Waals surface area (Å²) in [6.45, 7) is 0. The van der Waals surface area contributed by atoms with Gasteiger partial charge in [0.2, 0.25) is 4.96 Å². The number of hydrogen-bond acceptors (Lipinski definition) is 5. The van der Waals surface area contributed by atoms with Crippen molar-refractivity contribution >= 4 is 28.5 Å². The van der Waals surface area contributed by atoms with Crippen molar-refractivity contribution in [3.63, 3.8) is 0 Å². The predicted octanol–water partition coefficient (Wildman–Crippen LogP) is 4.57. The van der Waals surface area contributed by atoms with Crippen molar-refractivity contribution in [3.05, 3.63) is 81.8 Å². The molecule has 0 saturated heterocycles. The maximum absolute atomic E-state index is 14.3. The molecule has 0 aliphatic heterocycles. The number of fused-ring (bicyclic) bond motifs is 1. The average molecular weight is 426 g/mol. The van der Waals surface area contributed by atoms with Gasteiger partial charge in [-0.1, -0.05) is 30.3 Å². The second-order valence-corrected chi connectivity index (χ2v) is 7.50. The van der Waals surface area contributed by atoms with Gasteiger partial charge in [0, 0.05) is 17.0 Å². The molecule has 0 aliphatic carbocycles. The topological polar surface area (TPSA) is 63.8 Å². The Kier molecular flexibility index (Phi) is 4.29. The third-order valence-corrected chi connectivity index (χ3v) is 5.55. The Labute approximate surface area is 172 Å². The van der Waals surface area contributed by atoms with Gasteiger partial charge in [-0.25, -0.2) is 13.3 Å². The third kappa shape index (κ3) is 3.15. The zero-order valence-electron chi connectivity index (χ0n) is 14.7. The number of benzene rings is 2. The fraction of sp³-hybridized carbons (Fsp3) is 0.0526. The van der Waals surface area contributed by atoms with Crippen LogP contribution in [0, 0.1) is 16.4 Å². The van der Waals surface area contributed by atoms with E-state index in [1.165, 1.54) is 15.9 Å². The highest BCUT2D eigenvalue weighted by Crippen LogP contribution is 2.23. The largest absolute Gasteiger partial charge is 0.269 e. The molecule has 0 unspecified atom stereocenters. The van der Waals surface area contributed by atoms with Gasteiger partial charge in [0.25, 0.3) is 0 Å². The molecule has 0 saturated carbocycles. The maximum Gasteiger partial charge on any atom is 0.212 e. The zero-order valence-corrected chi connectivity index (χ0v) is 16.3. The van der Waals surface area contributed by atoms with E-state index in [0.717, 1.165) is 34.4 Å². The highest BCUT2D eigenvalue weighted by molar-refractivity contribution is 7.71. The molecule has 5 aromatic rings. The smallest absolute Gasteiger partial charge is 0.212 e. The van der Waals surface area contributed by atoms with Crippen LogP contribution in [0.1, 0.15) is 11.5 Å². The quantitative estimate of drug-likeness (QED) is 0.428. The Bertz CT molecular complexity index is 1380. The van der Waals surface area contributed by atoms with Crippen LogP contribution in [-0.2, 0) is 6.42 Å². The standard InChI is InChI=1S/C19H12F2N6S2/c20-12-6-7-14(21)15(8-12)26-16(23-24-18(26)28)9-13-10-29-19-22-17(25-27(13)19)11-4-2-1-3-5-11/h1-8,10H,9H2,(H,24,28). The molecule has 29 heavy (non-hydrogen) atoms. The Morgan fingerprint density at radius 1 is 1.10 bits per heavy atom. The van der Waals surface area contributed by atoms with Gasteiger partial charge in [-0.3, -0.25) is 9.67 Å². The average Bonchev–Trinajstić information content (AvgIpc) is 3.41. The number of hydrogen-bond donors (Lipinski definition) is 1. The van der Waals surface area contributed by atoms with Gasteiger partial charge in [0.1, 0.15) is 17.5 Å². The Morgan fingerprint density at radius 2 is 1.93 bits per heavy atom. The summed E-state index contributed by atoms with van der Waals surface area (Å²) in [6, 6.07) is 12.9. The Balaban J connectivity index is 1.57. The number of rotatable bonds is 4. The molecule has 0 spiro atoms. The summed E-state index contributed by atoms with van der Waals surface area (Å²) in [6.07, 6.45) is 0.306. The van der Waals surface area contributed by atoms with Crippen LogP contribution in [0.2, 0.25) is 0 Å². The van der Waals surface area contributed by atoms with Crippen LogP contribution in [0.15, 0.2) is 53.9 Å². The Hall–Kier alpha value is -3.24. The van der Waals surface area contributed by atoms with Gasteiger partial charge < -0.3 is 0 Å². The van der Waals surface area contributed by atoms with E-state index in [1.54, 1.807) is 4.52 Å². The lowest BCUT2D eigenvalue weighted by Crippen LogP contribution is -2.06. The van der Waals surface area contributed by atoms with Crippen LogP contribution in [0.25, 0.3) is 22.0 Å². The number of aromatic nitrogens is 6. The lowest BCUT2D eigenvalue weighted by Gasteiger charge is -2.07. The minimum atomic E-state index is -0.590. The van der Waals surface area contributed by atoms with E-state index in [0.29, 0.717) is 18.1 Å². The Morgan fingerprint density at radius 3 is 2.76 bits per heavy atom. The molecule has 10 heteroatoms. The van der Waals surface area contributed by atoms with Crippen molar-refractivity contribution < 1.29 is 8.78 Å². The number of halogens is 2. The molecule has 0 amide bonds. The van der Waals surface area contributed by atoms with Crippen LogP contribution >= 0.6 is 23.6 Å². The molecule has 1 N–H and O–H groups in total. The van der Waals surface area contributed by atoms with Crippen LogP contribution in [-0.4, -0.2) is 29.4 Å². The maximum atomic E-state index is 14.3. The monoisotopic (exact) mass is 426 g/mol. The summed E-state index contributed by atoms with van der Waals surface area (Å²) in [4.78, 5) is 5.29. The van der Waals surface area contributed by atoms with Crippen LogP contribution in [0.3, 0.4) is 0 Å². The molecular formula is C19H12F2N6S2. The van der Waals surface area contributed by atoms with Crippen LogP contribution in [0.5, 0.6) is 0 Å². The van der Waals surface area contributed by atoms with E-state index >= 15 is 0 Å². The second-order valence-electron chi connectivity index (χ2n) is 6.28. The lowest BCUT2D eigenvalue weighted by atomic mass is 10.2. The molecule has 3 heterocycles. The highest BCUT2D eigenvalue weighted by Gasteiger charge is 2.17. The first kappa shape index (κ1) is 17.8. The molecule has 0 aliphatic rings. The first-order valence-electron chi connectivity index (χ1n) is 8.60. The van der Waals surface area contributed by atoms with Gasteiger partial charge in [0.15, 0.2) is 10.6 Å². The molecule has 2 aromatic carbocycles. The van der Waals surface area contributed by atoms with E-state index in [1.807, 2.05) is 35.7 Å². The van der Waals surface area contributed by atoms with Crippen molar-refractivity contribution in [2.75, 3.05) is 0 Å². The van der Waals surface area contributed by atoms with Gasteiger partial charge in [-0.2, -0.15) is 10.1 Å². The summed E-state index contributed by atoms with van der Waals surface area (Å²) in [7, 11) is 0. The molecule has 0 fully saturated rings. The van der Waals surface area contributed by atoms with Gasteiger partial charge in [0.05, 0.1) is 17.8 Å². The summed E-state index contributed by atoms with van der Waals surface area (Å²) >= 11 is 6.69. The molecule has 0 bridgehead atoms. The van der Waals surface area contributed by atoms with Crippen molar-refractivity contribution in [1.82, 2.24) is 29.4 Å². The first-order valence-corrected chi connectivity index (χ1v) is 9.89. The molecule has 5 rings (SSSR count). The van der Waals surface area contributed by atoms with E-state index in [-0.39, 0.29) is 10.5 Å². The van der Waals surface area contributed by atoms with Crippen LogP contribution in [0.4, 0.5) is 8.78 Å². The molecule has 3 aromatic heterocycles. The SMILES string of the molecule is Fc1ccc(F)c(-n2c(Cc3csc4nc(-c5ccccc5)nn34)n[nH]c2=S)c1. The van der Waals surface area contributed by atoms with Crippen molar-refractivity contribution in [2.45, 2.75) is 6.42 Å². The molecule has 6 nitrogen and oxygen atoms in total. The first-order chi connectivity index (χ1) is 14.1. The zero-order chi connectivity index (χ0) is 20.0. The van der Waals surface area contributed by atoms with E-state index < -0.39 is 11.6 Å². The molecule has 0 radical (unpaired) electrons. The minimum absolute atomic E-state index is 0.00814. The molecular weight excluding hydrogens is 414 g/mol. The van der Waals surface area contributed by atoms with Crippen LogP contribution < -0.4 is 0 Å². The van der Waals surface area contributed by atoms with E-state index in [2.05, 4.69) is 20.3 Å². The number of aromatic amines is 1. The lowest BCUT2D eigenvalue weighted by molar-refractivity contribution is 0.590. The number of thiazole rings is 1. The fourth-order valence-corrected chi connectivity index (χ4v) is 4.14. The van der Waals surface area contributed by atoms with Crippen molar-refractivity contribution in [1.29, 1.82) is 0 Å². The summed E-state index contributed by atoms with van der Waals surface area (Å²) in [5.41, 5.74) is 1.74. The number of H-pyrrole nitrogens is 1. The van der Waals surface area contributed by atoms with Gasteiger partial charge in [-0.05, 0) is 24.4 Å². The summed E-state index contributed by atoms with van der Waals surface area (Å²) in [5, 5.41) is 13.4. The van der Waals surface area contributed by atoms with E-state index in [9.17, 15) is 8.78 Å². The predicted molar refractivity (Wildman–Crippen MR) is 108 cm³/mol. The highest BCUT2D eigenvalue weighted by atomic mass is 32.1. The molecule has 144 valence electrons. The number of nitrogens with zero attached hydrogens (tertiary/aromatic N) is 5. The van der Waals surface area contributed by atoms with Crippen molar-refractivity contribution in [3.8, 4) is 17.1 Å². The summed E-state index contributed by atoms with van der Waals surface area (Å²) in [5.74, 6) is -0.0883. The molecule has 0 atom stereocenters. The minimum Gasteiger partial charge on any atom is -0.269 e. The summed E-state index contributed by atoms with van der Waals surface area (Å²) < 4.78 is 31.3. The fourth-order valence-electron chi connectivity index (χ4n) is 3.07. The van der Waals surface area contributed by atoms with Crippen molar-refractivity contribution in [2.24, 2.45) is 0 Å². The van der Waals surface area contributed by atoms with E-state index in [4.69, 9.17) is 12.2 Å². The van der Waals surface area contributed by atoms with Gasteiger partial charge in [-0.15, -0.1) is 16.4 Å². The second kappa shape index (κ2) is 6.98. The number of nitrogens with one attached hydrogen (secondary N) is 1. The third-order valence-electron chi connectivity index (χ3n) is 4.41. The normalized spacial score (nSPS) is 11.4. The van der Waals surface area contributed by atoms with Gasteiger partial charge >= 0.3 is 0 Å².